The molecule has 7 nitrogen and oxygen atoms in total. The largest absolute Gasteiger partial charge is 0.338 e. The van der Waals surface area contributed by atoms with Crippen LogP contribution in [0.2, 0.25) is 0 Å². The number of imidazole rings is 1. The molecule has 3 aromatic heterocycles. The number of aromatic nitrogens is 5. The molecule has 0 aromatic carbocycles. The smallest absolute Gasteiger partial charge is 0.266 e. The summed E-state index contributed by atoms with van der Waals surface area (Å²) in [4.78, 5) is 23.1. The fraction of sp³-hybridized carbons (Fsp3) is 0.400. The molecular weight excluding hydrogens is 340 g/mol. The normalized spacial score (nSPS) is 17.4. The lowest BCUT2D eigenvalue weighted by atomic mass is 10.2. The van der Waals surface area contributed by atoms with Gasteiger partial charge in [0.15, 0.2) is 0 Å². The van der Waals surface area contributed by atoms with Gasteiger partial charge >= 0.3 is 0 Å². The van der Waals surface area contributed by atoms with E-state index in [2.05, 4.69) is 24.5 Å². The van der Waals surface area contributed by atoms with Crippen molar-refractivity contribution in [2.45, 2.75) is 31.8 Å². The minimum atomic E-state index is -0.0545. The first-order chi connectivity index (χ1) is 13.2. The van der Waals surface area contributed by atoms with E-state index in [9.17, 15) is 4.79 Å². The Bertz CT molecular complexity index is 948. The molecule has 1 atom stereocenters. The van der Waals surface area contributed by atoms with Crippen molar-refractivity contribution in [1.29, 1.82) is 0 Å². The highest BCUT2D eigenvalue weighted by Gasteiger charge is 2.25. The first kappa shape index (κ1) is 17.6. The van der Waals surface area contributed by atoms with Crippen LogP contribution in [0.4, 0.5) is 0 Å². The maximum absolute atomic E-state index is 12.3. The van der Waals surface area contributed by atoms with Gasteiger partial charge in [0.25, 0.3) is 5.56 Å². The van der Waals surface area contributed by atoms with E-state index in [0.29, 0.717) is 12.6 Å². The van der Waals surface area contributed by atoms with Crippen molar-refractivity contribution in [2.24, 2.45) is 7.05 Å². The molecule has 1 unspecified atom stereocenters. The molecule has 0 N–H and O–H groups in total. The number of rotatable bonds is 6. The van der Waals surface area contributed by atoms with Crippen LogP contribution in [0.15, 0.2) is 54.0 Å². The van der Waals surface area contributed by atoms with Crippen molar-refractivity contribution in [3.05, 3.63) is 65.2 Å². The van der Waals surface area contributed by atoms with Crippen LogP contribution in [0.3, 0.4) is 0 Å². The van der Waals surface area contributed by atoms with Crippen LogP contribution in [0, 0.1) is 0 Å². The molecule has 3 aromatic rings. The molecule has 0 amide bonds. The minimum Gasteiger partial charge on any atom is -0.338 e. The molecule has 1 fully saturated rings. The molecule has 4 heterocycles. The minimum absolute atomic E-state index is 0.0545. The molecule has 7 heteroatoms. The van der Waals surface area contributed by atoms with Gasteiger partial charge in [-0.3, -0.25) is 14.7 Å². The fourth-order valence-corrected chi connectivity index (χ4v) is 3.73. The standard InChI is InChI=1S/C20H24N6O/c1-24-15-22-13-17(24)8-11-25-10-3-5-18(25)14-26-20(27)7-6-19(23-26)16-4-2-9-21-12-16/h2,4,6-7,9,12-13,15,18H,3,5,8,10-11,14H2,1H3. The average Bonchev–Trinajstić information content (AvgIpc) is 3.31. The predicted molar refractivity (Wildman–Crippen MR) is 103 cm³/mol. The summed E-state index contributed by atoms with van der Waals surface area (Å²) in [6.07, 6.45) is 10.5. The van der Waals surface area contributed by atoms with E-state index in [1.54, 1.807) is 29.2 Å². The molecule has 1 saturated heterocycles. The van der Waals surface area contributed by atoms with Crippen LogP contribution in [0.5, 0.6) is 0 Å². The van der Waals surface area contributed by atoms with Crippen LogP contribution in [-0.4, -0.2) is 48.3 Å². The highest BCUT2D eigenvalue weighted by molar-refractivity contribution is 5.56. The summed E-state index contributed by atoms with van der Waals surface area (Å²) in [6.45, 7) is 2.67. The van der Waals surface area contributed by atoms with Gasteiger partial charge in [-0.2, -0.15) is 5.10 Å². The van der Waals surface area contributed by atoms with Crippen molar-refractivity contribution in [1.82, 2.24) is 29.2 Å². The summed E-state index contributed by atoms with van der Waals surface area (Å²) in [6, 6.07) is 7.55. The fourth-order valence-electron chi connectivity index (χ4n) is 3.73. The van der Waals surface area contributed by atoms with Gasteiger partial charge in [0.2, 0.25) is 0 Å². The van der Waals surface area contributed by atoms with E-state index in [-0.39, 0.29) is 5.56 Å². The quantitative estimate of drug-likeness (QED) is 0.666. The molecule has 0 radical (unpaired) electrons. The Morgan fingerprint density at radius 1 is 1.19 bits per heavy atom. The second-order valence-corrected chi connectivity index (χ2v) is 7.06. The Hall–Kier alpha value is -2.80. The van der Waals surface area contributed by atoms with Gasteiger partial charge in [0, 0.05) is 62.0 Å². The number of hydrogen-bond donors (Lipinski definition) is 0. The molecular formula is C20H24N6O. The first-order valence-electron chi connectivity index (χ1n) is 9.38. The molecule has 1 aliphatic rings. The second kappa shape index (κ2) is 7.84. The van der Waals surface area contributed by atoms with E-state index >= 15 is 0 Å². The number of nitrogens with zero attached hydrogens (tertiary/aromatic N) is 6. The molecule has 27 heavy (non-hydrogen) atoms. The number of hydrogen-bond acceptors (Lipinski definition) is 5. The third-order valence-corrected chi connectivity index (χ3v) is 5.28. The van der Waals surface area contributed by atoms with Crippen molar-refractivity contribution in [2.75, 3.05) is 13.1 Å². The van der Waals surface area contributed by atoms with E-state index in [1.165, 1.54) is 5.69 Å². The molecule has 4 rings (SSSR count). The van der Waals surface area contributed by atoms with Crippen LogP contribution in [0.25, 0.3) is 11.3 Å². The monoisotopic (exact) mass is 364 g/mol. The van der Waals surface area contributed by atoms with Gasteiger partial charge in [0.05, 0.1) is 18.6 Å². The summed E-state index contributed by atoms with van der Waals surface area (Å²) in [5, 5.41) is 4.59. The Morgan fingerprint density at radius 3 is 2.89 bits per heavy atom. The number of pyridine rings is 1. The number of aryl methyl sites for hydroxylation is 1. The summed E-state index contributed by atoms with van der Waals surface area (Å²) < 4.78 is 3.67. The molecule has 140 valence electrons. The van der Waals surface area contributed by atoms with E-state index in [1.807, 2.05) is 31.7 Å². The lowest BCUT2D eigenvalue weighted by molar-refractivity contribution is 0.226. The Balaban J connectivity index is 1.47. The Kier molecular flexibility index (Phi) is 5.11. The topological polar surface area (TPSA) is 68.8 Å². The van der Waals surface area contributed by atoms with E-state index in [0.717, 1.165) is 43.6 Å². The second-order valence-electron chi connectivity index (χ2n) is 7.06. The third kappa shape index (κ3) is 3.98. The zero-order valence-electron chi connectivity index (χ0n) is 15.5. The zero-order valence-corrected chi connectivity index (χ0v) is 15.5. The van der Waals surface area contributed by atoms with Crippen LogP contribution < -0.4 is 5.56 Å². The first-order valence-corrected chi connectivity index (χ1v) is 9.38. The predicted octanol–water partition coefficient (Wildman–Crippen LogP) is 1.75. The van der Waals surface area contributed by atoms with E-state index in [4.69, 9.17) is 0 Å². The van der Waals surface area contributed by atoms with Gasteiger partial charge in [-0.25, -0.2) is 9.67 Å². The van der Waals surface area contributed by atoms with Crippen molar-refractivity contribution >= 4 is 0 Å². The number of likely N-dealkylation sites (tertiary alicyclic amines) is 1. The van der Waals surface area contributed by atoms with Crippen molar-refractivity contribution in [3.8, 4) is 11.3 Å². The lowest BCUT2D eigenvalue weighted by Crippen LogP contribution is -2.38. The van der Waals surface area contributed by atoms with Gasteiger partial charge in [-0.1, -0.05) is 0 Å². The summed E-state index contributed by atoms with van der Waals surface area (Å²) >= 11 is 0. The summed E-state index contributed by atoms with van der Waals surface area (Å²) in [5.41, 5.74) is 2.88. The highest BCUT2D eigenvalue weighted by Crippen LogP contribution is 2.19. The Morgan fingerprint density at radius 2 is 2.11 bits per heavy atom. The molecule has 0 spiro atoms. The third-order valence-electron chi connectivity index (χ3n) is 5.28. The maximum Gasteiger partial charge on any atom is 0.266 e. The summed E-state index contributed by atoms with van der Waals surface area (Å²) in [7, 11) is 2.03. The lowest BCUT2D eigenvalue weighted by Gasteiger charge is -2.24. The zero-order chi connectivity index (χ0) is 18.6. The van der Waals surface area contributed by atoms with Crippen LogP contribution in [0.1, 0.15) is 18.5 Å². The van der Waals surface area contributed by atoms with Crippen molar-refractivity contribution < 1.29 is 0 Å². The van der Waals surface area contributed by atoms with Gasteiger partial charge in [0.1, 0.15) is 0 Å². The van der Waals surface area contributed by atoms with Gasteiger partial charge in [-0.05, 0) is 37.6 Å². The summed E-state index contributed by atoms with van der Waals surface area (Å²) in [5.74, 6) is 0. The van der Waals surface area contributed by atoms with Crippen LogP contribution >= 0.6 is 0 Å². The molecule has 0 aliphatic carbocycles. The Labute approximate surface area is 158 Å². The molecule has 0 bridgehead atoms. The highest BCUT2D eigenvalue weighted by atomic mass is 16.1. The SMILES string of the molecule is Cn1cncc1CCN1CCCC1Cn1nc(-c2cccnc2)ccc1=O. The molecule has 0 saturated carbocycles. The average molecular weight is 364 g/mol. The van der Waals surface area contributed by atoms with Gasteiger partial charge in [-0.15, -0.1) is 0 Å². The van der Waals surface area contributed by atoms with Crippen LogP contribution in [-0.2, 0) is 20.0 Å². The van der Waals surface area contributed by atoms with E-state index < -0.39 is 0 Å². The maximum atomic E-state index is 12.3. The molecule has 1 aliphatic heterocycles. The van der Waals surface area contributed by atoms with Crippen molar-refractivity contribution in [3.63, 3.8) is 0 Å². The van der Waals surface area contributed by atoms with Gasteiger partial charge < -0.3 is 4.57 Å².